The molecule has 6 heteroatoms. The predicted octanol–water partition coefficient (Wildman–Crippen LogP) is 0.184. The third kappa shape index (κ3) is 2.94. The Balaban J connectivity index is 4.48. The Morgan fingerprint density at radius 2 is 2.17 bits per heavy atom. The fourth-order valence-electron chi connectivity index (χ4n) is 0.473. The second kappa shape index (κ2) is 5.62. The molecule has 12 heavy (non-hydrogen) atoms. The first-order chi connectivity index (χ1) is 5.67. The molecule has 0 radical (unpaired) electrons. The van der Waals surface area contributed by atoms with Gasteiger partial charge >= 0.3 is 11.7 Å². The number of nitrogens with zero attached hydrogens (tertiary/aromatic N) is 2. The highest BCUT2D eigenvalue weighted by Crippen LogP contribution is 1.88. The summed E-state index contributed by atoms with van der Waals surface area (Å²) in [5.74, 6) is -1.53. The Kier molecular flexibility index (Phi) is 5.16. The molecule has 0 unspecified atom stereocenters. The predicted molar refractivity (Wildman–Crippen MR) is 44.1 cm³/mol. The van der Waals surface area contributed by atoms with Gasteiger partial charge in [0.05, 0.1) is 11.9 Å². The third-order valence-electron chi connectivity index (χ3n) is 0.954. The maximum absolute atomic E-state index is 10.8. The summed E-state index contributed by atoms with van der Waals surface area (Å²) in [7, 11) is 0. The molecule has 5 nitrogen and oxygen atoms in total. The molecule has 0 aromatic heterocycles. The molecule has 0 fully saturated rings. The largest absolute Gasteiger partial charge is 0.457 e. The van der Waals surface area contributed by atoms with Gasteiger partial charge in [0.25, 0.3) is 5.78 Å². The van der Waals surface area contributed by atoms with Crippen molar-refractivity contribution in [1.82, 2.24) is 0 Å². The summed E-state index contributed by atoms with van der Waals surface area (Å²) in [6.07, 6.45) is 0. The highest BCUT2D eigenvalue weighted by molar-refractivity contribution is 9.09. The van der Waals surface area contributed by atoms with E-state index in [0.29, 0.717) is 0 Å². The lowest BCUT2D eigenvalue weighted by molar-refractivity contribution is -0.141. The number of alkyl halides is 1. The van der Waals surface area contributed by atoms with Crippen LogP contribution < -0.4 is 0 Å². The minimum Gasteiger partial charge on any atom is -0.457 e. The van der Waals surface area contributed by atoms with Gasteiger partial charge in [-0.15, -0.1) is 0 Å². The van der Waals surface area contributed by atoms with Crippen LogP contribution in [0.1, 0.15) is 6.92 Å². The van der Waals surface area contributed by atoms with Gasteiger partial charge in [0.2, 0.25) is 0 Å². The third-order valence-corrected chi connectivity index (χ3v) is 1.46. The molecule has 0 aliphatic rings. The normalized spacial score (nSPS) is 8.50. The second-order valence-electron chi connectivity index (χ2n) is 1.73. The van der Waals surface area contributed by atoms with Gasteiger partial charge in [0.1, 0.15) is 0 Å². The van der Waals surface area contributed by atoms with Crippen molar-refractivity contribution in [3.8, 4) is 0 Å². The van der Waals surface area contributed by atoms with Crippen LogP contribution in [0.25, 0.3) is 5.53 Å². The van der Waals surface area contributed by atoms with Crippen LogP contribution in [-0.2, 0) is 14.3 Å². The highest BCUT2D eigenvalue weighted by Gasteiger charge is 2.29. The molecule has 0 saturated heterocycles. The van der Waals surface area contributed by atoms with Crippen LogP contribution in [0, 0.1) is 0 Å². The number of carbonyl (C=O) groups is 2. The molecule has 0 bridgehead atoms. The Bertz CT molecular complexity index is 245. The van der Waals surface area contributed by atoms with Gasteiger partial charge in [-0.25, -0.2) is 4.79 Å². The number of ether oxygens (including phenoxy) is 1. The quantitative estimate of drug-likeness (QED) is 0.174. The lowest BCUT2D eigenvalue weighted by atomic mass is 10.3. The first kappa shape index (κ1) is 11.0. The van der Waals surface area contributed by atoms with Crippen molar-refractivity contribution in [3.05, 3.63) is 5.53 Å². The van der Waals surface area contributed by atoms with Crippen molar-refractivity contribution >= 4 is 33.4 Å². The summed E-state index contributed by atoms with van der Waals surface area (Å²) < 4.78 is 4.45. The van der Waals surface area contributed by atoms with Gasteiger partial charge in [0.15, 0.2) is 0 Å². The van der Waals surface area contributed by atoms with Gasteiger partial charge < -0.3 is 10.3 Å². The second-order valence-corrected chi connectivity index (χ2v) is 2.29. The standard InChI is InChI=1S/C6H7BrN2O3/c1-2-12-6(11)5(9-8)4(10)3-7/h2-3H2,1H3. The maximum Gasteiger partial charge on any atom is 0.442 e. The van der Waals surface area contributed by atoms with Crippen molar-refractivity contribution in [2.24, 2.45) is 0 Å². The van der Waals surface area contributed by atoms with Gasteiger partial charge in [-0.3, -0.25) is 4.79 Å². The Morgan fingerprint density at radius 1 is 1.58 bits per heavy atom. The van der Waals surface area contributed by atoms with Crippen LogP contribution in [0.5, 0.6) is 0 Å². The van der Waals surface area contributed by atoms with E-state index >= 15 is 0 Å². The van der Waals surface area contributed by atoms with Crippen molar-refractivity contribution < 1.29 is 19.1 Å². The molecule has 0 atom stereocenters. The molecule has 0 amide bonds. The van der Waals surface area contributed by atoms with Gasteiger partial charge in [0, 0.05) is 0 Å². The zero-order chi connectivity index (χ0) is 9.56. The van der Waals surface area contributed by atoms with Crippen molar-refractivity contribution in [3.63, 3.8) is 0 Å². The van der Waals surface area contributed by atoms with Gasteiger partial charge in [-0.1, -0.05) is 15.9 Å². The minimum absolute atomic E-state index is 0.0782. The molecule has 0 aromatic rings. The first-order valence-corrected chi connectivity index (χ1v) is 4.27. The Labute approximate surface area is 77.5 Å². The minimum atomic E-state index is -0.913. The van der Waals surface area contributed by atoms with Crippen LogP contribution in [0.15, 0.2) is 0 Å². The molecule has 0 saturated carbocycles. The van der Waals surface area contributed by atoms with E-state index in [1.807, 2.05) is 0 Å². The van der Waals surface area contributed by atoms with Crippen molar-refractivity contribution in [1.29, 1.82) is 0 Å². The number of esters is 1. The maximum atomic E-state index is 10.8. The summed E-state index contributed by atoms with van der Waals surface area (Å²) in [4.78, 5) is 24.2. The van der Waals surface area contributed by atoms with Crippen LogP contribution in [-0.4, -0.2) is 34.2 Å². The Morgan fingerprint density at radius 3 is 2.50 bits per heavy atom. The number of carbonyl (C=O) groups excluding carboxylic acids is 2. The number of Topliss-reactive ketones (excluding diaryl/α,β-unsaturated/α-hetero) is 1. The summed E-state index contributed by atoms with van der Waals surface area (Å²) in [6, 6.07) is 0. The smallest absolute Gasteiger partial charge is 0.442 e. The molecule has 0 N–H and O–H groups in total. The van der Waals surface area contributed by atoms with E-state index in [4.69, 9.17) is 5.53 Å². The van der Waals surface area contributed by atoms with E-state index in [-0.39, 0.29) is 11.9 Å². The monoisotopic (exact) mass is 234 g/mol. The molecular formula is C6H7BrN2O3. The van der Waals surface area contributed by atoms with Crippen LogP contribution in [0.2, 0.25) is 0 Å². The average molecular weight is 235 g/mol. The molecule has 0 spiro atoms. The first-order valence-electron chi connectivity index (χ1n) is 3.15. The lowest BCUT2D eigenvalue weighted by Gasteiger charge is -1.93. The van der Waals surface area contributed by atoms with Gasteiger partial charge in [-0.05, 0) is 6.92 Å². The van der Waals surface area contributed by atoms with Gasteiger partial charge in [-0.2, -0.15) is 4.79 Å². The number of hydrogen-bond donors (Lipinski definition) is 0. The molecule has 66 valence electrons. The topological polar surface area (TPSA) is 79.8 Å². The zero-order valence-electron chi connectivity index (χ0n) is 6.41. The van der Waals surface area contributed by atoms with Crippen LogP contribution in [0.3, 0.4) is 0 Å². The molecular weight excluding hydrogens is 228 g/mol. The summed E-state index contributed by atoms with van der Waals surface area (Å²) in [5, 5.41) is -0.0782. The summed E-state index contributed by atoms with van der Waals surface area (Å²) >= 11 is 2.83. The summed E-state index contributed by atoms with van der Waals surface area (Å²) in [5.41, 5.74) is 7.68. The number of halogens is 1. The molecule has 0 aliphatic carbocycles. The lowest BCUT2D eigenvalue weighted by Crippen LogP contribution is -2.28. The van der Waals surface area contributed by atoms with E-state index in [1.165, 1.54) is 0 Å². The van der Waals surface area contributed by atoms with Crippen LogP contribution >= 0.6 is 15.9 Å². The molecule has 0 aromatic carbocycles. The number of hydrogen-bond acceptors (Lipinski definition) is 3. The SMILES string of the molecule is CCOC(=O)C(=[N+]=[N-])C(=O)CBr. The number of rotatable bonds is 4. The molecule has 0 rings (SSSR count). The fourth-order valence-corrected chi connectivity index (χ4v) is 0.739. The Hall–Kier alpha value is -1.000. The van der Waals surface area contributed by atoms with E-state index in [1.54, 1.807) is 6.92 Å². The van der Waals surface area contributed by atoms with E-state index in [2.05, 4.69) is 25.5 Å². The van der Waals surface area contributed by atoms with E-state index in [0.717, 1.165) is 0 Å². The van der Waals surface area contributed by atoms with Crippen molar-refractivity contribution in [2.75, 3.05) is 11.9 Å². The number of ketones is 1. The van der Waals surface area contributed by atoms with Crippen LogP contribution in [0.4, 0.5) is 0 Å². The van der Waals surface area contributed by atoms with Crippen molar-refractivity contribution in [2.45, 2.75) is 6.92 Å². The average Bonchev–Trinajstić information content (AvgIpc) is 2.06. The van der Waals surface area contributed by atoms with E-state index in [9.17, 15) is 9.59 Å². The molecule has 0 aliphatic heterocycles. The molecule has 0 heterocycles. The summed E-state index contributed by atoms with van der Waals surface area (Å²) in [6.45, 7) is 1.72. The fraction of sp³-hybridized carbons (Fsp3) is 0.500. The zero-order valence-corrected chi connectivity index (χ0v) is 8.00. The highest BCUT2D eigenvalue weighted by atomic mass is 79.9. The van der Waals surface area contributed by atoms with E-state index < -0.39 is 17.5 Å².